The molecule has 0 aliphatic carbocycles. The summed E-state index contributed by atoms with van der Waals surface area (Å²) in [4.78, 5) is 24.5. The normalized spacial score (nSPS) is 12.8. The van der Waals surface area contributed by atoms with Crippen LogP contribution in [0.4, 0.5) is 0 Å². The van der Waals surface area contributed by atoms with Crippen LogP contribution in [0.25, 0.3) is 0 Å². The Balaban J connectivity index is 3.51. The van der Waals surface area contributed by atoms with Crippen molar-refractivity contribution in [1.82, 2.24) is 5.32 Å². The summed E-state index contributed by atoms with van der Waals surface area (Å²) in [5, 5.41) is 23.3. The summed E-state index contributed by atoms with van der Waals surface area (Å²) in [5.41, 5.74) is 0. The van der Waals surface area contributed by atoms with Crippen LogP contribution in [0.5, 0.6) is 0 Å². The van der Waals surface area contributed by atoms with E-state index in [9.17, 15) is 19.8 Å². The molecule has 0 aliphatic heterocycles. The first-order chi connectivity index (χ1) is 31.5. The van der Waals surface area contributed by atoms with E-state index in [0.717, 1.165) is 77.0 Å². The zero-order chi connectivity index (χ0) is 46.5. The van der Waals surface area contributed by atoms with E-state index in [-0.39, 0.29) is 18.5 Å². The second-order valence-corrected chi connectivity index (χ2v) is 19.6. The van der Waals surface area contributed by atoms with E-state index >= 15 is 0 Å². The predicted molar refractivity (Wildman–Crippen MR) is 278 cm³/mol. The number of nitrogens with one attached hydrogen (secondary N) is 1. The van der Waals surface area contributed by atoms with Crippen molar-refractivity contribution in [2.75, 3.05) is 13.2 Å². The highest BCUT2D eigenvalue weighted by molar-refractivity contribution is 5.76. The van der Waals surface area contributed by atoms with Crippen LogP contribution in [0.2, 0.25) is 0 Å². The third-order valence-electron chi connectivity index (χ3n) is 13.2. The Morgan fingerprint density at radius 3 is 1.11 bits per heavy atom. The molecule has 0 bridgehead atoms. The van der Waals surface area contributed by atoms with Gasteiger partial charge >= 0.3 is 5.97 Å². The Kier molecular flexibility index (Phi) is 52.6. The molecule has 0 aliphatic rings. The maximum atomic E-state index is 12.5. The maximum absolute atomic E-state index is 12.5. The lowest BCUT2D eigenvalue weighted by atomic mass is 10.0. The van der Waals surface area contributed by atoms with Crippen molar-refractivity contribution in [1.29, 1.82) is 0 Å². The number of esters is 1. The van der Waals surface area contributed by atoms with E-state index in [0.29, 0.717) is 25.9 Å². The standard InChI is InChI=1S/C58H111NO5/c1-3-5-7-9-11-13-15-17-19-21-22-23-24-25-26-28-30-34-38-42-46-50-56(61)55(54-60)59-57(62)51-47-43-39-35-32-33-37-41-45-49-53-64-58(63)52-48-44-40-36-31-29-27-20-18-16-14-12-10-8-6-4-2/h20,27,33,37,55-56,60-61H,3-19,21-26,28-32,34-36,38-54H2,1-2H3,(H,59,62)/b27-20-,37-33-. The van der Waals surface area contributed by atoms with Gasteiger partial charge in [0, 0.05) is 12.8 Å². The highest BCUT2D eigenvalue weighted by atomic mass is 16.5. The first-order valence-corrected chi connectivity index (χ1v) is 28.6. The number of allylic oxidation sites excluding steroid dienone is 4. The molecular formula is C58H111NO5. The third kappa shape index (κ3) is 49.8. The van der Waals surface area contributed by atoms with Crippen LogP contribution in [0.15, 0.2) is 24.3 Å². The average molecular weight is 903 g/mol. The van der Waals surface area contributed by atoms with Gasteiger partial charge in [0.15, 0.2) is 0 Å². The van der Waals surface area contributed by atoms with Crippen LogP contribution in [0, 0.1) is 0 Å². The summed E-state index contributed by atoms with van der Waals surface area (Å²) in [6.07, 6.45) is 64.5. The number of hydrogen-bond donors (Lipinski definition) is 3. The van der Waals surface area contributed by atoms with Gasteiger partial charge in [0.1, 0.15) is 0 Å². The van der Waals surface area contributed by atoms with Crippen LogP contribution in [-0.4, -0.2) is 47.4 Å². The number of aliphatic hydroxyl groups is 2. The molecule has 0 aromatic carbocycles. The quantitative estimate of drug-likeness (QED) is 0.0321. The molecule has 6 heteroatoms. The van der Waals surface area contributed by atoms with Crippen LogP contribution >= 0.6 is 0 Å². The number of ether oxygens (including phenoxy) is 1. The van der Waals surface area contributed by atoms with Gasteiger partial charge in [-0.05, 0) is 77.0 Å². The zero-order valence-corrected chi connectivity index (χ0v) is 43.0. The minimum absolute atomic E-state index is 0.0430. The van der Waals surface area contributed by atoms with Gasteiger partial charge in [-0.1, -0.05) is 244 Å². The number of unbranched alkanes of at least 4 members (excludes halogenated alkanes) is 38. The summed E-state index contributed by atoms with van der Waals surface area (Å²) in [7, 11) is 0. The molecule has 0 aromatic rings. The molecule has 6 nitrogen and oxygen atoms in total. The van der Waals surface area contributed by atoms with Crippen molar-refractivity contribution in [3.05, 3.63) is 24.3 Å². The summed E-state index contributed by atoms with van der Waals surface area (Å²) < 4.78 is 5.44. The third-order valence-corrected chi connectivity index (χ3v) is 13.2. The monoisotopic (exact) mass is 902 g/mol. The number of hydrogen-bond acceptors (Lipinski definition) is 5. The molecule has 378 valence electrons. The van der Waals surface area contributed by atoms with Crippen molar-refractivity contribution >= 4 is 11.9 Å². The molecule has 0 radical (unpaired) electrons. The Labute approximate surface area is 399 Å². The van der Waals surface area contributed by atoms with Crippen LogP contribution in [0.3, 0.4) is 0 Å². The molecule has 64 heavy (non-hydrogen) atoms. The van der Waals surface area contributed by atoms with Gasteiger partial charge < -0.3 is 20.3 Å². The molecule has 0 spiro atoms. The first-order valence-electron chi connectivity index (χ1n) is 28.6. The highest BCUT2D eigenvalue weighted by Gasteiger charge is 2.20. The van der Waals surface area contributed by atoms with E-state index in [1.807, 2.05) is 0 Å². The summed E-state index contributed by atoms with van der Waals surface area (Å²) in [5.74, 6) is -0.112. The minimum Gasteiger partial charge on any atom is -0.466 e. The topological polar surface area (TPSA) is 95.9 Å². The van der Waals surface area contributed by atoms with E-state index in [1.165, 1.54) is 199 Å². The Bertz CT molecular complexity index is 997. The lowest BCUT2D eigenvalue weighted by Gasteiger charge is -2.22. The minimum atomic E-state index is -0.687. The predicted octanol–water partition coefficient (Wildman–Crippen LogP) is 17.5. The van der Waals surface area contributed by atoms with E-state index in [1.54, 1.807) is 0 Å². The first kappa shape index (κ1) is 62.3. The van der Waals surface area contributed by atoms with Gasteiger partial charge in [0.05, 0.1) is 25.4 Å². The van der Waals surface area contributed by atoms with Crippen molar-refractivity contribution < 1.29 is 24.5 Å². The molecule has 2 atom stereocenters. The summed E-state index contributed by atoms with van der Waals surface area (Å²) in [6, 6.07) is -0.568. The number of amides is 1. The molecule has 0 saturated carbocycles. The molecule has 0 fully saturated rings. The van der Waals surface area contributed by atoms with Gasteiger partial charge in [-0.2, -0.15) is 0 Å². The lowest BCUT2D eigenvalue weighted by molar-refractivity contribution is -0.143. The molecule has 0 saturated heterocycles. The van der Waals surface area contributed by atoms with Crippen molar-refractivity contribution in [3.8, 4) is 0 Å². The molecular weight excluding hydrogens is 791 g/mol. The second-order valence-electron chi connectivity index (χ2n) is 19.6. The fourth-order valence-corrected chi connectivity index (χ4v) is 8.81. The van der Waals surface area contributed by atoms with E-state index < -0.39 is 12.1 Å². The average Bonchev–Trinajstić information content (AvgIpc) is 3.29. The molecule has 2 unspecified atom stereocenters. The van der Waals surface area contributed by atoms with E-state index in [4.69, 9.17) is 4.74 Å². The Hall–Kier alpha value is -1.66. The molecule has 3 N–H and O–H groups in total. The highest BCUT2D eigenvalue weighted by Crippen LogP contribution is 2.17. The van der Waals surface area contributed by atoms with Gasteiger partial charge in [-0.3, -0.25) is 9.59 Å². The van der Waals surface area contributed by atoms with Crippen molar-refractivity contribution in [3.63, 3.8) is 0 Å². The number of rotatable bonds is 53. The number of carbonyl (C=O) groups is 2. The van der Waals surface area contributed by atoms with Crippen LogP contribution in [0.1, 0.15) is 309 Å². The maximum Gasteiger partial charge on any atom is 0.305 e. The molecule has 0 aromatic heterocycles. The Morgan fingerprint density at radius 2 is 0.734 bits per heavy atom. The van der Waals surface area contributed by atoms with Crippen LogP contribution in [-0.2, 0) is 14.3 Å². The number of carbonyl (C=O) groups excluding carboxylic acids is 2. The van der Waals surface area contributed by atoms with Gasteiger partial charge in [0.2, 0.25) is 5.91 Å². The van der Waals surface area contributed by atoms with Gasteiger partial charge in [0.25, 0.3) is 0 Å². The summed E-state index contributed by atoms with van der Waals surface area (Å²) >= 11 is 0. The number of aliphatic hydroxyl groups excluding tert-OH is 2. The molecule has 0 rings (SSSR count). The van der Waals surface area contributed by atoms with Crippen molar-refractivity contribution in [2.45, 2.75) is 321 Å². The smallest absolute Gasteiger partial charge is 0.305 e. The second kappa shape index (κ2) is 54.0. The van der Waals surface area contributed by atoms with Crippen LogP contribution < -0.4 is 5.32 Å². The fraction of sp³-hybridized carbons (Fsp3) is 0.897. The Morgan fingerprint density at radius 1 is 0.422 bits per heavy atom. The largest absolute Gasteiger partial charge is 0.466 e. The molecule has 1 amide bonds. The van der Waals surface area contributed by atoms with Gasteiger partial charge in [-0.25, -0.2) is 0 Å². The lowest BCUT2D eigenvalue weighted by Crippen LogP contribution is -2.45. The van der Waals surface area contributed by atoms with E-state index in [2.05, 4.69) is 43.5 Å². The zero-order valence-electron chi connectivity index (χ0n) is 43.0. The molecule has 0 heterocycles. The fourth-order valence-electron chi connectivity index (χ4n) is 8.81. The van der Waals surface area contributed by atoms with Gasteiger partial charge in [-0.15, -0.1) is 0 Å². The van der Waals surface area contributed by atoms with Crippen molar-refractivity contribution in [2.24, 2.45) is 0 Å². The SMILES string of the molecule is CCCCCCCCC/C=C\CCCCCCCC(=O)OCCCC/C=C\CCCCCCC(=O)NC(CO)C(O)CCCCCCCCCCCCCCCCCCCCCCC. The summed E-state index contributed by atoms with van der Waals surface area (Å²) in [6.45, 7) is 4.88.